The van der Waals surface area contributed by atoms with E-state index in [1.54, 1.807) is 25.1 Å². The summed E-state index contributed by atoms with van der Waals surface area (Å²) in [6, 6.07) is 9.18. The summed E-state index contributed by atoms with van der Waals surface area (Å²) in [6.45, 7) is 1.16. The van der Waals surface area contributed by atoms with Crippen LogP contribution in [0, 0.1) is 6.92 Å². The van der Waals surface area contributed by atoms with Gasteiger partial charge in [-0.2, -0.15) is 0 Å². The zero-order valence-electron chi connectivity index (χ0n) is 17.6. The van der Waals surface area contributed by atoms with Gasteiger partial charge in [0.15, 0.2) is 6.61 Å². The Morgan fingerprint density at radius 2 is 1.62 bits per heavy atom. The number of halogens is 4. The molecule has 0 unspecified atom stereocenters. The summed E-state index contributed by atoms with van der Waals surface area (Å²) in [7, 11) is 1.20. The number of carbonyl (C=O) groups excluding carboxylic acids is 3. The first-order valence-electron chi connectivity index (χ1n) is 9.46. The largest absolute Gasteiger partial charge is 0.482 e. The summed E-state index contributed by atoms with van der Waals surface area (Å²) in [5.41, 5.74) is 0.669. The van der Waals surface area contributed by atoms with E-state index < -0.39 is 24.4 Å². The number of hydrogen-bond donors (Lipinski definition) is 2. The molecule has 2 amide bonds. The molecule has 7 nitrogen and oxygen atoms in total. The lowest BCUT2D eigenvalue weighted by Crippen LogP contribution is -2.21. The van der Waals surface area contributed by atoms with Crippen LogP contribution < -0.4 is 15.4 Å². The van der Waals surface area contributed by atoms with Gasteiger partial charge in [-0.25, -0.2) is 4.79 Å². The van der Waals surface area contributed by atoms with Crippen LogP contribution in [0.2, 0.25) is 20.1 Å². The average Bonchev–Trinajstić information content (AvgIpc) is 3.10. The molecule has 178 valence electrons. The van der Waals surface area contributed by atoms with Gasteiger partial charge in [0.1, 0.15) is 10.8 Å². The van der Waals surface area contributed by atoms with Crippen molar-refractivity contribution in [3.05, 3.63) is 72.5 Å². The molecule has 12 heteroatoms. The van der Waals surface area contributed by atoms with Crippen molar-refractivity contribution in [1.82, 2.24) is 0 Å². The number of esters is 1. The molecular weight excluding hydrogens is 546 g/mol. The van der Waals surface area contributed by atoms with E-state index in [0.717, 1.165) is 11.3 Å². The van der Waals surface area contributed by atoms with E-state index >= 15 is 0 Å². The number of ether oxygens (including phenoxy) is 2. The maximum absolute atomic E-state index is 12.9. The van der Waals surface area contributed by atoms with Crippen molar-refractivity contribution in [2.75, 3.05) is 24.4 Å². The summed E-state index contributed by atoms with van der Waals surface area (Å²) in [6.07, 6.45) is 0. The van der Waals surface area contributed by atoms with E-state index in [1.807, 2.05) is 0 Å². The van der Waals surface area contributed by atoms with E-state index in [1.165, 1.54) is 25.3 Å². The Morgan fingerprint density at radius 3 is 2.29 bits per heavy atom. The SMILES string of the molecule is COC(=O)c1c(NC(=O)COc2ccc(Cl)cc2Cl)sc(C(=O)Nc2cc(Cl)ccc2Cl)c1C. The second kappa shape index (κ2) is 11.3. The molecular formula is C22H16Cl4N2O5S. The van der Waals surface area contributed by atoms with Gasteiger partial charge >= 0.3 is 5.97 Å². The third-order valence-corrected chi connectivity index (χ3v) is 6.73. The lowest BCUT2D eigenvalue weighted by atomic mass is 10.1. The molecule has 0 saturated heterocycles. The number of benzene rings is 2. The average molecular weight is 562 g/mol. The Bertz CT molecular complexity index is 1280. The Labute approximate surface area is 218 Å². The maximum atomic E-state index is 12.9. The molecule has 0 aliphatic carbocycles. The highest BCUT2D eigenvalue weighted by Gasteiger charge is 2.27. The van der Waals surface area contributed by atoms with Crippen molar-refractivity contribution in [2.45, 2.75) is 6.92 Å². The number of methoxy groups -OCH3 is 1. The number of amides is 2. The van der Waals surface area contributed by atoms with Gasteiger partial charge < -0.3 is 20.1 Å². The topological polar surface area (TPSA) is 93.7 Å². The first kappa shape index (κ1) is 26.1. The van der Waals surface area contributed by atoms with Crippen LogP contribution in [0.1, 0.15) is 25.6 Å². The van der Waals surface area contributed by atoms with Gasteiger partial charge in [0.05, 0.1) is 33.3 Å². The Hall–Kier alpha value is -2.49. The number of rotatable bonds is 7. The van der Waals surface area contributed by atoms with Gasteiger partial charge in [-0.1, -0.05) is 46.4 Å². The van der Waals surface area contributed by atoms with Crippen LogP contribution in [0.25, 0.3) is 0 Å². The van der Waals surface area contributed by atoms with Gasteiger partial charge in [0, 0.05) is 10.0 Å². The van der Waals surface area contributed by atoms with Crippen LogP contribution in [0.15, 0.2) is 36.4 Å². The minimum Gasteiger partial charge on any atom is -0.482 e. The first-order valence-corrected chi connectivity index (χ1v) is 11.8. The lowest BCUT2D eigenvalue weighted by Gasteiger charge is -2.09. The monoisotopic (exact) mass is 560 g/mol. The molecule has 1 heterocycles. The Balaban J connectivity index is 1.81. The van der Waals surface area contributed by atoms with E-state index in [9.17, 15) is 14.4 Å². The predicted octanol–water partition coefficient (Wildman–Crippen LogP) is 6.73. The molecule has 0 radical (unpaired) electrons. The van der Waals surface area contributed by atoms with Gasteiger partial charge in [0.2, 0.25) is 0 Å². The Morgan fingerprint density at radius 1 is 0.941 bits per heavy atom. The first-order chi connectivity index (χ1) is 16.1. The summed E-state index contributed by atoms with van der Waals surface area (Å²) in [4.78, 5) is 38.0. The molecule has 3 aromatic rings. The highest BCUT2D eigenvalue weighted by Crippen LogP contribution is 2.35. The fourth-order valence-corrected chi connectivity index (χ4v) is 4.74. The fraction of sp³-hybridized carbons (Fsp3) is 0.136. The van der Waals surface area contributed by atoms with Crippen molar-refractivity contribution in [1.29, 1.82) is 0 Å². The van der Waals surface area contributed by atoms with Crippen molar-refractivity contribution < 1.29 is 23.9 Å². The lowest BCUT2D eigenvalue weighted by molar-refractivity contribution is -0.118. The van der Waals surface area contributed by atoms with Gasteiger partial charge in [0.25, 0.3) is 11.8 Å². The van der Waals surface area contributed by atoms with E-state index in [0.29, 0.717) is 21.3 Å². The molecule has 1 aromatic heterocycles. The standard InChI is InChI=1S/C22H16Cl4N2O5S/c1-10-18(22(31)32-2)21(28-17(29)9-33-16-6-4-11(23)7-14(16)26)34-19(10)20(30)27-15-8-12(24)3-5-13(15)25/h3-8H,9H2,1-2H3,(H,27,30)(H,28,29). The Kier molecular flexibility index (Phi) is 8.67. The van der Waals surface area contributed by atoms with Crippen molar-refractivity contribution in [3.8, 4) is 5.75 Å². The highest BCUT2D eigenvalue weighted by atomic mass is 35.5. The van der Waals surface area contributed by atoms with Crippen LogP contribution in [-0.2, 0) is 9.53 Å². The summed E-state index contributed by atoms with van der Waals surface area (Å²) < 4.78 is 10.2. The molecule has 0 aliphatic rings. The smallest absolute Gasteiger partial charge is 0.341 e. The normalized spacial score (nSPS) is 10.5. The zero-order valence-corrected chi connectivity index (χ0v) is 21.5. The summed E-state index contributed by atoms with van der Waals surface area (Å²) >= 11 is 24.9. The van der Waals surface area contributed by atoms with E-state index in [-0.39, 0.29) is 31.2 Å². The number of nitrogens with one attached hydrogen (secondary N) is 2. The van der Waals surface area contributed by atoms with Crippen LogP contribution >= 0.6 is 57.7 Å². The molecule has 0 aliphatic heterocycles. The zero-order chi connectivity index (χ0) is 25.0. The van der Waals surface area contributed by atoms with Gasteiger partial charge in [-0.3, -0.25) is 9.59 Å². The second-order valence-electron chi connectivity index (χ2n) is 6.74. The summed E-state index contributed by atoms with van der Waals surface area (Å²) in [5, 5.41) is 6.69. The number of carbonyl (C=O) groups is 3. The molecule has 2 aromatic carbocycles. The number of anilines is 2. The minimum atomic E-state index is -0.717. The molecule has 0 atom stereocenters. The van der Waals surface area contributed by atoms with Crippen molar-refractivity contribution in [2.24, 2.45) is 0 Å². The highest BCUT2D eigenvalue weighted by molar-refractivity contribution is 7.19. The van der Waals surface area contributed by atoms with Crippen LogP contribution in [0.3, 0.4) is 0 Å². The number of hydrogen-bond acceptors (Lipinski definition) is 6. The second-order valence-corrected chi connectivity index (χ2v) is 9.45. The molecule has 3 rings (SSSR count). The molecule has 0 fully saturated rings. The van der Waals surface area contributed by atoms with Crippen LogP contribution in [0.4, 0.5) is 10.7 Å². The summed E-state index contributed by atoms with van der Waals surface area (Å²) in [5.74, 6) is -1.58. The molecule has 0 bridgehead atoms. The van der Waals surface area contributed by atoms with E-state index in [4.69, 9.17) is 55.9 Å². The molecule has 2 N–H and O–H groups in total. The third kappa shape index (κ3) is 6.14. The van der Waals surface area contributed by atoms with Crippen LogP contribution in [0.5, 0.6) is 5.75 Å². The van der Waals surface area contributed by atoms with Crippen molar-refractivity contribution >= 4 is 86.2 Å². The number of thiophene rings is 1. The molecule has 0 spiro atoms. The quantitative estimate of drug-likeness (QED) is 0.312. The van der Waals surface area contributed by atoms with Gasteiger partial charge in [-0.05, 0) is 48.9 Å². The third-order valence-electron chi connectivity index (χ3n) is 4.42. The minimum absolute atomic E-state index is 0.0488. The van der Waals surface area contributed by atoms with Crippen molar-refractivity contribution in [3.63, 3.8) is 0 Å². The van der Waals surface area contributed by atoms with Gasteiger partial charge in [-0.15, -0.1) is 11.3 Å². The maximum Gasteiger partial charge on any atom is 0.341 e. The molecule has 34 heavy (non-hydrogen) atoms. The van der Waals surface area contributed by atoms with E-state index in [2.05, 4.69) is 10.6 Å². The molecule has 0 saturated carbocycles. The predicted molar refractivity (Wildman–Crippen MR) is 135 cm³/mol. The fourth-order valence-electron chi connectivity index (χ4n) is 2.84. The van der Waals surface area contributed by atoms with Crippen LogP contribution in [-0.4, -0.2) is 31.5 Å².